The van der Waals surface area contributed by atoms with Crippen LogP contribution in [0, 0.1) is 0 Å². The van der Waals surface area contributed by atoms with Crippen molar-refractivity contribution in [1.82, 2.24) is 4.57 Å². The van der Waals surface area contributed by atoms with Gasteiger partial charge in [-0.25, -0.2) is 0 Å². The van der Waals surface area contributed by atoms with Gasteiger partial charge in [-0.2, -0.15) is 0 Å². The average molecular weight is 792 g/mol. The largest absolute Gasteiger partial charge is 0.323 e. The first-order valence-electron chi connectivity index (χ1n) is 21.4. The topological polar surface area (TPSA) is 11.4 Å². The van der Waals surface area contributed by atoms with Gasteiger partial charge in [0.25, 0.3) is 0 Å². The van der Waals surface area contributed by atoms with E-state index in [-0.39, 0.29) is 0 Å². The molecule has 1 atom stereocenters. The Kier molecular flexibility index (Phi) is 8.39. The van der Waals surface area contributed by atoms with E-state index in [9.17, 15) is 0 Å². The minimum Gasteiger partial charge on any atom is -0.323 e. The second kappa shape index (κ2) is 14.5. The molecule has 1 aromatic heterocycles. The third kappa shape index (κ3) is 5.45. The van der Waals surface area contributed by atoms with E-state index in [1.807, 2.05) is 0 Å². The molecule has 0 fully saturated rings. The zero-order chi connectivity index (χ0) is 41.0. The van der Waals surface area contributed by atoms with E-state index >= 15 is 0 Å². The van der Waals surface area contributed by atoms with E-state index in [4.69, 9.17) is 0 Å². The molecule has 0 aliphatic heterocycles. The highest BCUT2D eigenvalue weighted by Gasteiger charge is 2.50. The van der Waals surface area contributed by atoms with E-state index in [2.05, 4.69) is 263 Å². The smallest absolute Gasteiger partial charge is 0.122 e. The highest BCUT2D eigenvalue weighted by Crippen LogP contribution is 2.59. The van der Waals surface area contributed by atoms with Gasteiger partial charge in [0.2, 0.25) is 0 Å². The van der Waals surface area contributed by atoms with Gasteiger partial charge < -0.3 is 14.4 Å². The maximum Gasteiger partial charge on any atom is 0.122 e. The minimum atomic E-state index is -0.736. The van der Waals surface area contributed by atoms with Crippen LogP contribution in [0.4, 0.5) is 28.4 Å². The predicted octanol–water partition coefficient (Wildman–Crippen LogP) is 15.5. The summed E-state index contributed by atoms with van der Waals surface area (Å²) in [7, 11) is 0. The first kappa shape index (κ1) is 35.8. The third-order valence-corrected chi connectivity index (χ3v) is 12.8. The minimum absolute atomic E-state index is 0.736. The summed E-state index contributed by atoms with van der Waals surface area (Å²) in [5.74, 6) is 0. The lowest BCUT2D eigenvalue weighted by atomic mass is 9.78. The van der Waals surface area contributed by atoms with Crippen LogP contribution in [0.25, 0.3) is 49.4 Å². The van der Waals surface area contributed by atoms with Crippen LogP contribution in [0.3, 0.4) is 0 Å². The van der Waals surface area contributed by atoms with Crippen LogP contribution in [0.1, 0.15) is 16.7 Å². The Morgan fingerprint density at radius 3 is 1.65 bits per heavy atom. The number of rotatable bonds is 8. The molecule has 3 heteroatoms. The van der Waals surface area contributed by atoms with Crippen molar-refractivity contribution in [1.29, 1.82) is 0 Å². The second-order valence-corrected chi connectivity index (χ2v) is 16.1. The van der Waals surface area contributed by atoms with E-state index < -0.39 is 5.54 Å². The highest BCUT2D eigenvalue weighted by atomic mass is 15.2. The Morgan fingerprint density at radius 2 is 0.887 bits per heavy atom. The molecule has 0 saturated carbocycles. The zero-order valence-electron chi connectivity index (χ0n) is 34.0. The van der Waals surface area contributed by atoms with Crippen LogP contribution in [0.5, 0.6) is 0 Å². The number of hydrogen-bond donors (Lipinski definition) is 0. The van der Waals surface area contributed by atoms with Crippen LogP contribution in [-0.4, -0.2) is 4.57 Å². The van der Waals surface area contributed by atoms with E-state index in [0.717, 1.165) is 39.6 Å². The summed E-state index contributed by atoms with van der Waals surface area (Å²) in [5.41, 5.74) is 14.4. The summed E-state index contributed by atoms with van der Waals surface area (Å²) >= 11 is 0. The van der Waals surface area contributed by atoms with Gasteiger partial charge in [0.1, 0.15) is 5.54 Å². The van der Waals surface area contributed by atoms with Crippen molar-refractivity contribution < 1.29 is 0 Å². The molecule has 3 nitrogen and oxygen atoms in total. The molecule has 0 amide bonds. The van der Waals surface area contributed by atoms with Crippen molar-refractivity contribution in [2.24, 2.45) is 0 Å². The maximum absolute atomic E-state index is 2.56. The van der Waals surface area contributed by atoms with Crippen LogP contribution >= 0.6 is 0 Å². The summed E-state index contributed by atoms with van der Waals surface area (Å²) in [6.07, 6.45) is 0. The number of para-hydroxylation sites is 4. The Hall–Kier alpha value is -8.14. The number of anilines is 5. The summed E-state index contributed by atoms with van der Waals surface area (Å²) < 4.78 is 2.41. The number of nitrogens with zero attached hydrogens (tertiary/aromatic N) is 3. The number of fused-ring (bicyclic) bond motifs is 7. The predicted molar refractivity (Wildman–Crippen MR) is 260 cm³/mol. The molecule has 1 unspecified atom stereocenters. The monoisotopic (exact) mass is 791 g/mol. The fourth-order valence-corrected chi connectivity index (χ4v) is 10.2. The van der Waals surface area contributed by atoms with Gasteiger partial charge in [-0.1, -0.05) is 176 Å². The van der Waals surface area contributed by atoms with Gasteiger partial charge in [-0.3, -0.25) is 0 Å². The SMILES string of the molecule is c1ccc(N(c2ccccc2)C2(c3ccccc3)c3ccccc3-c3ccc(N(c4ccc5c6ccccc6n(-c6ccccc6)c5c4)c4cccc5ccccc45)cc32)cc1. The molecule has 1 aliphatic carbocycles. The standard InChI is InChI=1S/C59H41N3/c1-5-22-43(23-6-1)59(62(45-26-9-3-10-27-45)46-28-11-4-12-29-46)54-33-17-15-31-50(54)51-38-36-47(40-55(51)59)60(56-35-19-21-42-20-13-14-30-49(42)56)48-37-39-53-52-32-16-18-34-57(52)61(58(53)41-48)44-24-7-2-8-25-44/h1-41H. The van der Waals surface area contributed by atoms with Crippen molar-refractivity contribution in [2.45, 2.75) is 5.54 Å². The van der Waals surface area contributed by atoms with Crippen molar-refractivity contribution in [2.75, 3.05) is 9.80 Å². The van der Waals surface area contributed by atoms with Gasteiger partial charge in [0.15, 0.2) is 0 Å². The van der Waals surface area contributed by atoms with Crippen molar-refractivity contribution in [3.63, 3.8) is 0 Å². The Bertz CT molecular complexity index is 3370. The molecule has 0 N–H and O–H groups in total. The molecule has 1 aliphatic rings. The molecule has 292 valence electrons. The number of aromatic nitrogens is 1. The molecule has 0 bridgehead atoms. The first-order valence-corrected chi connectivity index (χ1v) is 21.4. The molecular formula is C59H41N3. The molecule has 0 saturated heterocycles. The number of hydrogen-bond acceptors (Lipinski definition) is 2. The third-order valence-electron chi connectivity index (χ3n) is 12.8. The fraction of sp³-hybridized carbons (Fsp3) is 0.0169. The summed E-state index contributed by atoms with van der Waals surface area (Å²) in [6.45, 7) is 0. The molecule has 0 radical (unpaired) electrons. The Labute approximate surface area is 361 Å². The zero-order valence-corrected chi connectivity index (χ0v) is 34.0. The van der Waals surface area contributed by atoms with E-state index in [1.54, 1.807) is 0 Å². The lowest BCUT2D eigenvalue weighted by Gasteiger charge is -2.45. The highest BCUT2D eigenvalue weighted by molar-refractivity contribution is 6.11. The second-order valence-electron chi connectivity index (χ2n) is 16.1. The van der Waals surface area contributed by atoms with Gasteiger partial charge in [-0.05, 0) is 106 Å². The van der Waals surface area contributed by atoms with Crippen LogP contribution in [0.2, 0.25) is 0 Å². The van der Waals surface area contributed by atoms with Crippen LogP contribution < -0.4 is 9.80 Å². The normalized spacial score (nSPS) is 14.2. The summed E-state index contributed by atoms with van der Waals surface area (Å²) in [4.78, 5) is 5.03. The average Bonchev–Trinajstić information content (AvgIpc) is 3.83. The first-order chi connectivity index (χ1) is 30.8. The Morgan fingerprint density at radius 1 is 0.339 bits per heavy atom. The van der Waals surface area contributed by atoms with Gasteiger partial charge >= 0.3 is 0 Å². The fourth-order valence-electron chi connectivity index (χ4n) is 10.2. The lowest BCUT2D eigenvalue weighted by molar-refractivity contribution is 0.644. The van der Waals surface area contributed by atoms with Gasteiger partial charge in [0.05, 0.1) is 16.7 Å². The quantitative estimate of drug-likeness (QED) is 0.152. The molecular weight excluding hydrogens is 751 g/mol. The van der Waals surface area contributed by atoms with Crippen LogP contribution in [0.15, 0.2) is 249 Å². The number of benzene rings is 10. The molecule has 0 spiro atoms. The Balaban J connectivity index is 1.18. The summed E-state index contributed by atoms with van der Waals surface area (Å²) in [6, 6.07) is 90.9. The molecule has 10 aromatic carbocycles. The maximum atomic E-state index is 2.56. The molecule has 62 heavy (non-hydrogen) atoms. The van der Waals surface area contributed by atoms with E-state index in [1.165, 1.54) is 54.9 Å². The molecule has 12 rings (SSSR count). The van der Waals surface area contributed by atoms with E-state index in [0.29, 0.717) is 0 Å². The molecule has 11 aromatic rings. The van der Waals surface area contributed by atoms with Crippen molar-refractivity contribution in [3.05, 3.63) is 265 Å². The van der Waals surface area contributed by atoms with Gasteiger partial charge in [0, 0.05) is 44.6 Å². The summed E-state index contributed by atoms with van der Waals surface area (Å²) in [5, 5.41) is 4.84. The lowest BCUT2D eigenvalue weighted by Crippen LogP contribution is -2.44. The van der Waals surface area contributed by atoms with Crippen molar-refractivity contribution in [3.8, 4) is 16.8 Å². The van der Waals surface area contributed by atoms with Gasteiger partial charge in [-0.15, -0.1) is 0 Å². The van der Waals surface area contributed by atoms with Crippen LogP contribution in [-0.2, 0) is 5.54 Å². The molecule has 1 heterocycles. The van der Waals surface area contributed by atoms with Crippen molar-refractivity contribution >= 4 is 61.0 Å².